The zero-order chi connectivity index (χ0) is 20.8. The third kappa shape index (κ3) is 4.87. The van der Waals surface area contributed by atoms with Gasteiger partial charge in [0.1, 0.15) is 11.3 Å². The summed E-state index contributed by atoms with van der Waals surface area (Å²) < 4.78 is 11.5. The van der Waals surface area contributed by atoms with E-state index in [2.05, 4.69) is 17.2 Å². The molecular weight excluding hydrogens is 376 g/mol. The molecule has 1 amide bonds. The van der Waals surface area contributed by atoms with Gasteiger partial charge in [0.05, 0.1) is 6.61 Å². The molecule has 0 radical (unpaired) electrons. The predicted octanol–water partition coefficient (Wildman–Crippen LogP) is 5.85. The summed E-state index contributed by atoms with van der Waals surface area (Å²) in [6.07, 6.45) is 2.68. The van der Waals surface area contributed by atoms with Crippen LogP contribution in [0.4, 0.5) is 5.69 Å². The second-order valence-electron chi connectivity index (χ2n) is 7.14. The molecule has 5 heteroatoms. The number of anilines is 1. The molecule has 4 aromatic rings. The summed E-state index contributed by atoms with van der Waals surface area (Å²) in [6.45, 7) is 2.76. The summed E-state index contributed by atoms with van der Waals surface area (Å²) in [4.78, 5) is 17.2. The molecule has 0 unspecified atom stereocenters. The van der Waals surface area contributed by atoms with Crippen LogP contribution in [0.1, 0.15) is 41.6 Å². The van der Waals surface area contributed by atoms with E-state index < -0.39 is 0 Å². The molecule has 0 saturated carbocycles. The van der Waals surface area contributed by atoms with Gasteiger partial charge in [-0.2, -0.15) is 0 Å². The van der Waals surface area contributed by atoms with E-state index >= 15 is 0 Å². The molecule has 152 valence electrons. The summed E-state index contributed by atoms with van der Waals surface area (Å²) in [7, 11) is 0. The van der Waals surface area contributed by atoms with Crippen LogP contribution in [0.2, 0.25) is 0 Å². The number of benzene rings is 3. The van der Waals surface area contributed by atoms with Gasteiger partial charge in [0.25, 0.3) is 5.91 Å². The van der Waals surface area contributed by atoms with Crippen molar-refractivity contribution in [2.45, 2.75) is 26.2 Å². The van der Waals surface area contributed by atoms with E-state index in [0.717, 1.165) is 23.9 Å². The van der Waals surface area contributed by atoms with Crippen molar-refractivity contribution in [1.29, 1.82) is 0 Å². The second-order valence-corrected chi connectivity index (χ2v) is 7.14. The minimum Gasteiger partial charge on any atom is -0.494 e. The lowest BCUT2D eigenvalue weighted by atomic mass is 10.1. The minimum absolute atomic E-state index is 0.191. The van der Waals surface area contributed by atoms with Gasteiger partial charge in [0.2, 0.25) is 0 Å². The quantitative estimate of drug-likeness (QED) is 0.377. The van der Waals surface area contributed by atoms with Gasteiger partial charge in [0, 0.05) is 17.7 Å². The van der Waals surface area contributed by atoms with Crippen LogP contribution in [0.3, 0.4) is 0 Å². The molecule has 3 aromatic carbocycles. The highest BCUT2D eigenvalue weighted by Crippen LogP contribution is 2.22. The SMILES string of the molecule is CCCCOc1cccc(C(=O)Nc2ccc3oc(Cc4ccccc4)nc3c2)c1. The number of nitrogens with zero attached hydrogens (tertiary/aromatic N) is 1. The molecule has 1 N–H and O–H groups in total. The molecule has 0 aliphatic carbocycles. The highest BCUT2D eigenvalue weighted by atomic mass is 16.5. The first-order valence-corrected chi connectivity index (χ1v) is 10.2. The maximum Gasteiger partial charge on any atom is 0.255 e. The fourth-order valence-corrected chi connectivity index (χ4v) is 3.16. The van der Waals surface area contributed by atoms with Crippen molar-refractivity contribution in [3.63, 3.8) is 0 Å². The van der Waals surface area contributed by atoms with Crippen molar-refractivity contribution < 1.29 is 13.9 Å². The minimum atomic E-state index is -0.191. The van der Waals surface area contributed by atoms with Crippen LogP contribution in [0, 0.1) is 0 Å². The first-order chi connectivity index (χ1) is 14.7. The number of nitrogens with one attached hydrogen (secondary N) is 1. The molecule has 1 aromatic heterocycles. The van der Waals surface area contributed by atoms with E-state index in [1.54, 1.807) is 12.1 Å². The highest BCUT2D eigenvalue weighted by Gasteiger charge is 2.11. The second kappa shape index (κ2) is 9.27. The third-order valence-electron chi connectivity index (χ3n) is 4.75. The smallest absolute Gasteiger partial charge is 0.255 e. The molecule has 0 spiro atoms. The van der Waals surface area contributed by atoms with Crippen LogP contribution in [0.15, 0.2) is 77.2 Å². The van der Waals surface area contributed by atoms with Crippen molar-refractivity contribution in [3.05, 3.63) is 89.8 Å². The summed E-state index contributed by atoms with van der Waals surface area (Å²) in [5.74, 6) is 1.16. The molecule has 0 atom stereocenters. The summed E-state index contributed by atoms with van der Waals surface area (Å²) in [6, 6.07) is 22.8. The topological polar surface area (TPSA) is 64.4 Å². The molecular formula is C25H24N2O3. The van der Waals surface area contributed by atoms with E-state index in [1.165, 1.54) is 0 Å². The third-order valence-corrected chi connectivity index (χ3v) is 4.75. The van der Waals surface area contributed by atoms with E-state index in [-0.39, 0.29) is 5.91 Å². The molecule has 5 nitrogen and oxygen atoms in total. The summed E-state index contributed by atoms with van der Waals surface area (Å²) in [5, 5.41) is 2.93. The van der Waals surface area contributed by atoms with Gasteiger partial charge in [-0.05, 0) is 48.4 Å². The average Bonchev–Trinajstić information content (AvgIpc) is 3.16. The molecule has 0 aliphatic rings. The van der Waals surface area contributed by atoms with E-state index in [1.807, 2.05) is 60.7 Å². The lowest BCUT2D eigenvalue weighted by molar-refractivity contribution is 0.102. The van der Waals surface area contributed by atoms with Crippen LogP contribution < -0.4 is 10.1 Å². The Hall–Kier alpha value is -3.60. The Kier molecular flexibility index (Phi) is 6.09. The standard InChI is InChI=1S/C25H24N2O3/c1-2-3-14-29-21-11-7-10-19(16-21)25(28)26-20-12-13-23-22(17-20)27-24(30-23)15-18-8-5-4-6-9-18/h4-13,16-17H,2-3,14-15H2,1H3,(H,26,28). The van der Waals surface area contributed by atoms with Crippen molar-refractivity contribution in [2.24, 2.45) is 0 Å². The number of ether oxygens (including phenoxy) is 1. The summed E-state index contributed by atoms with van der Waals surface area (Å²) >= 11 is 0. The van der Waals surface area contributed by atoms with Crippen LogP contribution in [-0.4, -0.2) is 17.5 Å². The maximum atomic E-state index is 12.7. The Morgan fingerprint density at radius 2 is 1.90 bits per heavy atom. The van der Waals surface area contributed by atoms with E-state index in [0.29, 0.717) is 41.5 Å². The number of amides is 1. The van der Waals surface area contributed by atoms with Gasteiger partial charge >= 0.3 is 0 Å². The van der Waals surface area contributed by atoms with Gasteiger partial charge in [0.15, 0.2) is 11.5 Å². The number of aromatic nitrogens is 1. The van der Waals surface area contributed by atoms with E-state index in [9.17, 15) is 4.79 Å². The maximum absolute atomic E-state index is 12.7. The Morgan fingerprint density at radius 1 is 1.03 bits per heavy atom. The number of hydrogen-bond donors (Lipinski definition) is 1. The van der Waals surface area contributed by atoms with Crippen molar-refractivity contribution in [2.75, 3.05) is 11.9 Å². The molecule has 0 saturated heterocycles. The van der Waals surface area contributed by atoms with Crippen LogP contribution >= 0.6 is 0 Å². The van der Waals surface area contributed by atoms with Gasteiger partial charge in [-0.25, -0.2) is 4.98 Å². The molecule has 0 fully saturated rings. The number of hydrogen-bond acceptors (Lipinski definition) is 4. The normalized spacial score (nSPS) is 10.8. The zero-order valence-corrected chi connectivity index (χ0v) is 16.9. The number of carbonyl (C=O) groups is 1. The van der Waals surface area contributed by atoms with Gasteiger partial charge < -0.3 is 14.5 Å². The molecule has 4 rings (SSSR count). The lowest BCUT2D eigenvalue weighted by Gasteiger charge is -2.08. The molecule has 0 aliphatic heterocycles. The Morgan fingerprint density at radius 3 is 2.73 bits per heavy atom. The lowest BCUT2D eigenvalue weighted by Crippen LogP contribution is -2.12. The van der Waals surface area contributed by atoms with Gasteiger partial charge in [-0.3, -0.25) is 4.79 Å². The average molecular weight is 400 g/mol. The Balaban J connectivity index is 1.46. The fraction of sp³-hybridized carbons (Fsp3) is 0.200. The van der Waals surface area contributed by atoms with Crippen molar-refractivity contribution >= 4 is 22.7 Å². The van der Waals surface area contributed by atoms with E-state index in [4.69, 9.17) is 9.15 Å². The number of fused-ring (bicyclic) bond motifs is 1. The van der Waals surface area contributed by atoms with Gasteiger partial charge in [-0.15, -0.1) is 0 Å². The summed E-state index contributed by atoms with van der Waals surface area (Å²) in [5.41, 5.74) is 3.78. The Bertz CT molecular complexity index is 1140. The number of oxazole rings is 1. The molecule has 1 heterocycles. The first-order valence-electron chi connectivity index (χ1n) is 10.2. The first kappa shape index (κ1) is 19.7. The van der Waals surface area contributed by atoms with Gasteiger partial charge in [-0.1, -0.05) is 49.7 Å². The predicted molar refractivity (Wildman–Crippen MR) is 118 cm³/mol. The van der Waals surface area contributed by atoms with Crippen molar-refractivity contribution in [1.82, 2.24) is 4.98 Å². The molecule has 0 bridgehead atoms. The van der Waals surface area contributed by atoms with Crippen molar-refractivity contribution in [3.8, 4) is 5.75 Å². The number of unbranched alkanes of at least 4 members (excludes halogenated alkanes) is 1. The van der Waals surface area contributed by atoms with Crippen LogP contribution in [-0.2, 0) is 6.42 Å². The fourth-order valence-electron chi connectivity index (χ4n) is 3.16. The number of carbonyl (C=O) groups excluding carboxylic acids is 1. The monoisotopic (exact) mass is 400 g/mol. The zero-order valence-electron chi connectivity index (χ0n) is 16.9. The highest BCUT2D eigenvalue weighted by molar-refractivity contribution is 6.05. The van der Waals surface area contributed by atoms with Crippen LogP contribution in [0.25, 0.3) is 11.1 Å². The number of rotatable bonds is 8. The molecule has 30 heavy (non-hydrogen) atoms. The largest absolute Gasteiger partial charge is 0.494 e. The Labute approximate surface area is 175 Å². The van der Waals surface area contributed by atoms with Crippen LogP contribution in [0.5, 0.6) is 5.75 Å².